The van der Waals surface area contributed by atoms with Crippen LogP contribution in [0.4, 0.5) is 0 Å². The van der Waals surface area contributed by atoms with Gasteiger partial charge in [-0.05, 0) is 49.8 Å². The van der Waals surface area contributed by atoms with E-state index in [1.54, 1.807) is 0 Å². The molecular formula is C20H25N3O5. The van der Waals surface area contributed by atoms with Gasteiger partial charge in [0.25, 0.3) is 11.5 Å². The highest BCUT2D eigenvalue weighted by Gasteiger charge is 2.28. The van der Waals surface area contributed by atoms with Gasteiger partial charge in [-0.3, -0.25) is 19.5 Å². The van der Waals surface area contributed by atoms with Gasteiger partial charge in [0.05, 0.1) is 12.1 Å². The Balaban J connectivity index is 1.82. The zero-order valence-electron chi connectivity index (χ0n) is 16.0. The first kappa shape index (κ1) is 19.9. The number of carboxylic acids is 1. The molecule has 8 heteroatoms. The molecule has 28 heavy (non-hydrogen) atoms. The Morgan fingerprint density at radius 3 is 2.68 bits per heavy atom. The first-order valence-corrected chi connectivity index (χ1v) is 9.35. The minimum atomic E-state index is -0.974. The number of ether oxygens (including phenoxy) is 1. The SMILES string of the molecule is Cc1ccc(C)c(-n2[nH]c(C(=O)NC(CC(=O)O)C3CCOCC3)cc2=O)c1. The van der Waals surface area contributed by atoms with Crippen molar-refractivity contribution in [2.75, 3.05) is 13.2 Å². The Bertz CT molecular complexity index is 924. The highest BCUT2D eigenvalue weighted by atomic mass is 16.5. The van der Waals surface area contributed by atoms with E-state index in [2.05, 4.69) is 10.4 Å². The number of carbonyl (C=O) groups excluding carboxylic acids is 1. The van der Waals surface area contributed by atoms with E-state index < -0.39 is 17.9 Å². The van der Waals surface area contributed by atoms with Crippen LogP contribution in [0.2, 0.25) is 0 Å². The normalized spacial score (nSPS) is 15.9. The molecule has 2 aromatic rings. The number of aliphatic carboxylic acids is 1. The minimum Gasteiger partial charge on any atom is -0.481 e. The van der Waals surface area contributed by atoms with Crippen LogP contribution in [0.5, 0.6) is 0 Å². The molecule has 0 radical (unpaired) electrons. The molecule has 0 aliphatic carbocycles. The number of hydrogen-bond acceptors (Lipinski definition) is 4. The van der Waals surface area contributed by atoms with Crippen molar-refractivity contribution in [2.45, 2.75) is 39.2 Å². The lowest BCUT2D eigenvalue weighted by Crippen LogP contribution is -2.43. The van der Waals surface area contributed by atoms with Crippen molar-refractivity contribution in [1.29, 1.82) is 0 Å². The number of amides is 1. The smallest absolute Gasteiger partial charge is 0.305 e. The van der Waals surface area contributed by atoms with E-state index >= 15 is 0 Å². The fourth-order valence-electron chi connectivity index (χ4n) is 3.54. The van der Waals surface area contributed by atoms with Gasteiger partial charge in [-0.2, -0.15) is 0 Å². The van der Waals surface area contributed by atoms with Gasteiger partial charge in [-0.1, -0.05) is 12.1 Å². The van der Waals surface area contributed by atoms with Gasteiger partial charge in [-0.15, -0.1) is 0 Å². The van der Waals surface area contributed by atoms with Gasteiger partial charge in [0, 0.05) is 25.3 Å². The van der Waals surface area contributed by atoms with Crippen LogP contribution >= 0.6 is 0 Å². The molecule has 1 unspecified atom stereocenters. The zero-order chi connectivity index (χ0) is 20.3. The van der Waals surface area contributed by atoms with Crippen molar-refractivity contribution in [3.8, 4) is 5.69 Å². The van der Waals surface area contributed by atoms with Crippen LogP contribution in [0.1, 0.15) is 40.9 Å². The first-order chi connectivity index (χ1) is 13.3. The third kappa shape index (κ3) is 4.51. The molecule has 1 aliphatic heterocycles. The number of benzene rings is 1. The number of hydrogen-bond donors (Lipinski definition) is 3. The summed E-state index contributed by atoms with van der Waals surface area (Å²) in [4.78, 5) is 36.4. The molecule has 8 nitrogen and oxygen atoms in total. The summed E-state index contributed by atoms with van der Waals surface area (Å²) in [5, 5.41) is 14.8. The zero-order valence-corrected chi connectivity index (χ0v) is 16.0. The minimum absolute atomic E-state index is 0.0293. The molecule has 0 spiro atoms. The van der Waals surface area contributed by atoms with Crippen LogP contribution in [0.3, 0.4) is 0 Å². The maximum absolute atomic E-state index is 12.7. The molecular weight excluding hydrogens is 362 g/mol. The summed E-state index contributed by atoms with van der Waals surface area (Å²) in [6.45, 7) is 4.91. The second kappa shape index (κ2) is 8.43. The second-order valence-electron chi connectivity index (χ2n) is 7.26. The molecule has 1 aliphatic rings. The summed E-state index contributed by atoms with van der Waals surface area (Å²) in [6, 6.07) is 6.45. The lowest BCUT2D eigenvalue weighted by molar-refractivity contribution is -0.138. The Morgan fingerprint density at radius 1 is 1.29 bits per heavy atom. The molecule has 1 amide bonds. The summed E-state index contributed by atoms with van der Waals surface area (Å²) in [5.41, 5.74) is 2.32. The van der Waals surface area contributed by atoms with Crippen LogP contribution in [-0.4, -0.2) is 46.0 Å². The quantitative estimate of drug-likeness (QED) is 0.699. The molecule has 1 aromatic carbocycles. The highest BCUT2D eigenvalue weighted by molar-refractivity contribution is 5.92. The van der Waals surface area contributed by atoms with Crippen molar-refractivity contribution in [3.63, 3.8) is 0 Å². The topological polar surface area (TPSA) is 113 Å². The number of nitrogens with zero attached hydrogens (tertiary/aromatic N) is 1. The van der Waals surface area contributed by atoms with E-state index in [1.807, 2.05) is 32.0 Å². The highest BCUT2D eigenvalue weighted by Crippen LogP contribution is 2.21. The van der Waals surface area contributed by atoms with Gasteiger partial charge in [0.2, 0.25) is 0 Å². The molecule has 1 fully saturated rings. The lowest BCUT2D eigenvalue weighted by Gasteiger charge is -2.29. The monoisotopic (exact) mass is 387 g/mol. The predicted octanol–water partition coefficient (Wildman–Crippen LogP) is 1.78. The summed E-state index contributed by atoms with van der Waals surface area (Å²) in [5.74, 6) is -1.43. The molecule has 1 atom stereocenters. The molecule has 1 saturated heterocycles. The van der Waals surface area contributed by atoms with E-state index in [0.29, 0.717) is 31.7 Å². The van der Waals surface area contributed by atoms with Crippen molar-refractivity contribution >= 4 is 11.9 Å². The fourth-order valence-corrected chi connectivity index (χ4v) is 3.54. The first-order valence-electron chi connectivity index (χ1n) is 9.35. The van der Waals surface area contributed by atoms with E-state index in [1.165, 1.54) is 10.7 Å². The number of H-pyrrole nitrogens is 1. The lowest BCUT2D eigenvalue weighted by atomic mass is 9.89. The maximum atomic E-state index is 12.7. The Labute approximate surface area is 162 Å². The Kier molecular flexibility index (Phi) is 5.99. The largest absolute Gasteiger partial charge is 0.481 e. The fraction of sp³-hybridized carbons (Fsp3) is 0.450. The van der Waals surface area contributed by atoms with Crippen LogP contribution in [0, 0.1) is 19.8 Å². The van der Waals surface area contributed by atoms with Crippen molar-refractivity contribution < 1.29 is 19.4 Å². The summed E-state index contributed by atoms with van der Waals surface area (Å²) >= 11 is 0. The average Bonchev–Trinajstić information content (AvgIpc) is 3.05. The standard InChI is InChI=1S/C20H25N3O5/c1-12-3-4-13(2)17(9-12)23-18(24)10-16(22-23)20(27)21-15(11-19(25)26)14-5-7-28-8-6-14/h3-4,9-10,14-15,22H,5-8,11H2,1-2H3,(H,21,27)(H,25,26). The van der Waals surface area contributed by atoms with E-state index in [0.717, 1.165) is 11.1 Å². The summed E-state index contributed by atoms with van der Waals surface area (Å²) < 4.78 is 6.65. The molecule has 0 bridgehead atoms. The summed E-state index contributed by atoms with van der Waals surface area (Å²) in [7, 11) is 0. The van der Waals surface area contributed by atoms with Gasteiger partial charge in [-0.25, -0.2) is 4.68 Å². The molecule has 150 valence electrons. The van der Waals surface area contributed by atoms with Crippen LogP contribution < -0.4 is 10.9 Å². The number of rotatable bonds is 6. The third-order valence-electron chi connectivity index (χ3n) is 5.12. The van der Waals surface area contributed by atoms with Gasteiger partial charge in [0.15, 0.2) is 0 Å². The number of carboxylic acid groups (broad SMARTS) is 1. The Hall–Kier alpha value is -2.87. The molecule has 3 N–H and O–H groups in total. The third-order valence-corrected chi connectivity index (χ3v) is 5.12. The Morgan fingerprint density at radius 2 is 2.00 bits per heavy atom. The van der Waals surface area contributed by atoms with Crippen molar-refractivity contribution in [1.82, 2.24) is 15.1 Å². The van der Waals surface area contributed by atoms with Crippen LogP contribution in [0.15, 0.2) is 29.1 Å². The number of aryl methyl sites for hydroxylation is 2. The number of aromatic nitrogens is 2. The summed E-state index contributed by atoms with van der Waals surface area (Å²) in [6.07, 6.45) is 1.22. The van der Waals surface area contributed by atoms with Crippen molar-refractivity contribution in [2.24, 2.45) is 5.92 Å². The predicted molar refractivity (Wildman–Crippen MR) is 103 cm³/mol. The van der Waals surface area contributed by atoms with Gasteiger partial charge < -0.3 is 15.2 Å². The molecule has 1 aromatic heterocycles. The van der Waals surface area contributed by atoms with Crippen LogP contribution in [-0.2, 0) is 9.53 Å². The number of nitrogens with one attached hydrogen (secondary N) is 2. The van der Waals surface area contributed by atoms with Gasteiger partial charge >= 0.3 is 5.97 Å². The van der Waals surface area contributed by atoms with Gasteiger partial charge in [0.1, 0.15) is 5.69 Å². The average molecular weight is 387 g/mol. The number of carbonyl (C=O) groups is 2. The molecule has 3 rings (SSSR count). The van der Waals surface area contributed by atoms with Crippen molar-refractivity contribution in [3.05, 3.63) is 51.4 Å². The molecule has 0 saturated carbocycles. The van der Waals surface area contributed by atoms with E-state index in [4.69, 9.17) is 4.74 Å². The van der Waals surface area contributed by atoms with Crippen LogP contribution in [0.25, 0.3) is 5.69 Å². The maximum Gasteiger partial charge on any atom is 0.305 e. The van der Waals surface area contributed by atoms with E-state index in [-0.39, 0.29) is 23.6 Å². The number of aromatic amines is 1. The molecule has 2 heterocycles. The van der Waals surface area contributed by atoms with E-state index in [9.17, 15) is 19.5 Å². The second-order valence-corrected chi connectivity index (χ2v) is 7.26.